The minimum atomic E-state index is -0.00509. The monoisotopic (exact) mass is 705 g/mol. The maximum absolute atomic E-state index is 6.85. The predicted molar refractivity (Wildman–Crippen MR) is 224 cm³/mol. The summed E-state index contributed by atoms with van der Waals surface area (Å²) < 4.78 is 6.85. The van der Waals surface area contributed by atoms with E-state index in [0.29, 0.717) is 11.8 Å². The average molecular weight is 706 g/mol. The van der Waals surface area contributed by atoms with Crippen molar-refractivity contribution >= 4 is 27.8 Å². The zero-order valence-electron chi connectivity index (χ0n) is 32.2. The van der Waals surface area contributed by atoms with Gasteiger partial charge in [-0.2, -0.15) is 0 Å². The summed E-state index contributed by atoms with van der Waals surface area (Å²) in [5.74, 6) is 5.21. The SMILES string of the molecule is CC1(C)CCC(C)(C)c2c(-c3ccc(N(c4ccc5c(c4)C4(c6ccccc6O5)C5CC6CC(C5)CC4C6)c4cccc5ccccc45)cc3)cccc21. The van der Waals surface area contributed by atoms with Gasteiger partial charge in [0.1, 0.15) is 11.5 Å². The Morgan fingerprint density at radius 2 is 1.17 bits per heavy atom. The molecule has 54 heavy (non-hydrogen) atoms. The highest BCUT2D eigenvalue weighted by Gasteiger charge is 2.61. The van der Waals surface area contributed by atoms with Crippen LogP contribution in [0.15, 0.2) is 127 Å². The molecule has 2 nitrogen and oxygen atoms in total. The van der Waals surface area contributed by atoms with Crippen LogP contribution in [0.4, 0.5) is 17.1 Å². The molecule has 6 aromatic rings. The van der Waals surface area contributed by atoms with Crippen molar-refractivity contribution in [2.45, 2.75) is 88.9 Å². The molecule has 1 heterocycles. The summed E-state index contributed by atoms with van der Waals surface area (Å²) in [6.07, 6.45) is 9.24. The fourth-order valence-electron chi connectivity index (χ4n) is 12.6. The number of fused-ring (bicyclic) bond motifs is 4. The minimum Gasteiger partial charge on any atom is -0.457 e. The van der Waals surface area contributed by atoms with Gasteiger partial charge in [0.25, 0.3) is 0 Å². The molecule has 270 valence electrons. The van der Waals surface area contributed by atoms with E-state index in [-0.39, 0.29) is 16.2 Å². The smallest absolute Gasteiger partial charge is 0.131 e. The van der Waals surface area contributed by atoms with Gasteiger partial charge < -0.3 is 9.64 Å². The molecular formula is C52H51NO. The molecule has 12 rings (SSSR count). The van der Waals surface area contributed by atoms with Crippen LogP contribution in [0.5, 0.6) is 11.5 Å². The maximum Gasteiger partial charge on any atom is 0.131 e. The van der Waals surface area contributed by atoms with Crippen LogP contribution in [0.2, 0.25) is 0 Å². The van der Waals surface area contributed by atoms with Crippen LogP contribution in [0.25, 0.3) is 21.9 Å². The molecule has 0 radical (unpaired) electrons. The van der Waals surface area contributed by atoms with Gasteiger partial charge in [-0.3, -0.25) is 0 Å². The van der Waals surface area contributed by atoms with Gasteiger partial charge in [-0.25, -0.2) is 0 Å². The van der Waals surface area contributed by atoms with Crippen molar-refractivity contribution < 1.29 is 4.74 Å². The average Bonchev–Trinajstić information content (AvgIpc) is 3.18. The molecule has 0 saturated heterocycles. The van der Waals surface area contributed by atoms with E-state index in [2.05, 4.69) is 160 Å². The highest BCUT2D eigenvalue weighted by atomic mass is 16.5. The van der Waals surface area contributed by atoms with Crippen LogP contribution >= 0.6 is 0 Å². The molecule has 4 fully saturated rings. The molecule has 0 aromatic heterocycles. The Bertz CT molecular complexity index is 2420. The summed E-state index contributed by atoms with van der Waals surface area (Å²) in [6.45, 7) is 9.72. The maximum atomic E-state index is 6.85. The zero-order chi connectivity index (χ0) is 36.4. The second-order valence-electron chi connectivity index (χ2n) is 18.8. The number of para-hydroxylation sites is 1. The van der Waals surface area contributed by atoms with E-state index in [0.717, 1.165) is 23.3 Å². The summed E-state index contributed by atoms with van der Waals surface area (Å²) >= 11 is 0. The van der Waals surface area contributed by atoms with Crippen molar-refractivity contribution in [3.8, 4) is 22.6 Å². The second kappa shape index (κ2) is 11.6. The van der Waals surface area contributed by atoms with Crippen molar-refractivity contribution in [2.75, 3.05) is 4.90 Å². The van der Waals surface area contributed by atoms with Crippen molar-refractivity contribution in [1.29, 1.82) is 0 Å². The lowest BCUT2D eigenvalue weighted by atomic mass is 9.42. The third-order valence-electron chi connectivity index (χ3n) is 14.9. The number of nitrogens with zero attached hydrogens (tertiary/aromatic N) is 1. The fourth-order valence-corrected chi connectivity index (χ4v) is 12.6. The Morgan fingerprint density at radius 3 is 1.96 bits per heavy atom. The number of anilines is 3. The lowest BCUT2D eigenvalue weighted by Gasteiger charge is -2.63. The molecule has 6 aliphatic rings. The predicted octanol–water partition coefficient (Wildman–Crippen LogP) is 14.2. The Labute approximate surface area is 321 Å². The highest BCUT2D eigenvalue weighted by Crippen LogP contribution is 2.69. The molecule has 4 bridgehead atoms. The first-order valence-corrected chi connectivity index (χ1v) is 20.6. The largest absolute Gasteiger partial charge is 0.457 e. The first-order valence-electron chi connectivity index (χ1n) is 20.6. The fraction of sp³-hybridized carbons (Fsp3) is 0.346. The number of benzene rings is 6. The van der Waals surface area contributed by atoms with E-state index >= 15 is 0 Å². The standard InChI is InChI=1S/C52H51NO/c1-50(2)25-26-51(3,4)49-42(14-10-16-44(49)50)36-19-21-39(22-20-36)53(46-17-9-12-35-11-5-6-13-41(35)46)40-23-24-48-45(32-40)52(43-15-7-8-18-47(43)54-48)37-28-33-27-34(30-37)31-38(52)29-33/h5-24,32-34,37-38H,25-31H2,1-4H3. The summed E-state index contributed by atoms with van der Waals surface area (Å²) in [6, 6.07) is 48.3. The Morgan fingerprint density at radius 1 is 0.537 bits per heavy atom. The van der Waals surface area contributed by atoms with E-state index in [9.17, 15) is 0 Å². The molecule has 4 saturated carbocycles. The highest BCUT2D eigenvalue weighted by molar-refractivity contribution is 5.99. The first-order chi connectivity index (χ1) is 26.2. The molecule has 2 heteroatoms. The third kappa shape index (κ3) is 4.64. The van der Waals surface area contributed by atoms with Crippen LogP contribution in [-0.2, 0) is 16.2 Å². The van der Waals surface area contributed by atoms with Crippen LogP contribution in [0.1, 0.15) is 94.9 Å². The van der Waals surface area contributed by atoms with E-state index in [1.807, 2.05) is 0 Å². The molecule has 0 N–H and O–H groups in total. The molecule has 0 atom stereocenters. The molecular weight excluding hydrogens is 655 g/mol. The topological polar surface area (TPSA) is 12.5 Å². The quantitative estimate of drug-likeness (QED) is 0.181. The van der Waals surface area contributed by atoms with Crippen LogP contribution < -0.4 is 9.64 Å². The van der Waals surface area contributed by atoms with Gasteiger partial charge in [0.2, 0.25) is 0 Å². The molecule has 0 unspecified atom stereocenters. The van der Waals surface area contributed by atoms with E-state index < -0.39 is 0 Å². The zero-order valence-corrected chi connectivity index (χ0v) is 32.2. The summed E-state index contributed by atoms with van der Waals surface area (Å²) in [7, 11) is 0. The Hall–Kier alpha value is -4.82. The number of hydrogen-bond donors (Lipinski definition) is 0. The van der Waals surface area contributed by atoms with Gasteiger partial charge in [0.15, 0.2) is 0 Å². The van der Waals surface area contributed by atoms with Gasteiger partial charge >= 0.3 is 0 Å². The van der Waals surface area contributed by atoms with Gasteiger partial charge in [0, 0.05) is 33.3 Å². The Kier molecular flexibility index (Phi) is 7.00. The summed E-state index contributed by atoms with van der Waals surface area (Å²) in [5, 5.41) is 2.51. The van der Waals surface area contributed by atoms with Crippen molar-refractivity contribution in [1.82, 2.24) is 0 Å². The van der Waals surface area contributed by atoms with Gasteiger partial charge in [-0.05, 0) is 150 Å². The summed E-state index contributed by atoms with van der Waals surface area (Å²) in [4.78, 5) is 2.52. The van der Waals surface area contributed by atoms with Crippen molar-refractivity contribution in [2.24, 2.45) is 23.7 Å². The van der Waals surface area contributed by atoms with Gasteiger partial charge in [-0.15, -0.1) is 0 Å². The number of hydrogen-bond acceptors (Lipinski definition) is 2. The van der Waals surface area contributed by atoms with Crippen molar-refractivity contribution in [3.05, 3.63) is 150 Å². The lowest BCUT2D eigenvalue weighted by Crippen LogP contribution is -2.57. The normalized spacial score (nSPS) is 26.5. The third-order valence-corrected chi connectivity index (χ3v) is 14.9. The van der Waals surface area contributed by atoms with E-state index in [1.165, 1.54) is 106 Å². The van der Waals surface area contributed by atoms with E-state index in [1.54, 1.807) is 0 Å². The number of rotatable bonds is 4. The first kappa shape index (κ1) is 32.6. The molecule has 1 spiro atoms. The lowest BCUT2D eigenvalue weighted by molar-refractivity contribution is -0.0452. The molecule has 0 amide bonds. The van der Waals surface area contributed by atoms with E-state index in [4.69, 9.17) is 4.74 Å². The second-order valence-corrected chi connectivity index (χ2v) is 18.8. The Balaban J connectivity index is 1.09. The minimum absolute atomic E-state index is 0.00509. The van der Waals surface area contributed by atoms with Gasteiger partial charge in [-0.1, -0.05) is 113 Å². The molecule has 6 aromatic carbocycles. The molecule has 5 aliphatic carbocycles. The van der Waals surface area contributed by atoms with Crippen LogP contribution in [0.3, 0.4) is 0 Å². The molecule has 1 aliphatic heterocycles. The van der Waals surface area contributed by atoms with Crippen molar-refractivity contribution in [3.63, 3.8) is 0 Å². The van der Waals surface area contributed by atoms with Gasteiger partial charge in [0.05, 0.1) is 5.69 Å². The van der Waals surface area contributed by atoms with Crippen LogP contribution in [0, 0.1) is 23.7 Å². The van der Waals surface area contributed by atoms with Crippen LogP contribution in [-0.4, -0.2) is 0 Å². The summed E-state index contributed by atoms with van der Waals surface area (Å²) in [5.41, 5.74) is 12.4. The number of ether oxygens (including phenoxy) is 1.